The van der Waals surface area contributed by atoms with Crippen molar-refractivity contribution in [2.45, 2.75) is 31.9 Å². The molecule has 0 spiro atoms. The number of rotatable bonds is 5. The number of methoxy groups -OCH3 is 1. The maximum Gasteiger partial charge on any atom is 0.290 e. The summed E-state index contributed by atoms with van der Waals surface area (Å²) >= 11 is 0. The van der Waals surface area contributed by atoms with E-state index in [0.29, 0.717) is 30.2 Å². The number of hydrogen-bond donors (Lipinski definition) is 2. The smallest absolute Gasteiger partial charge is 0.290 e. The van der Waals surface area contributed by atoms with Crippen LogP contribution in [0.15, 0.2) is 28.8 Å². The molecule has 1 aliphatic rings. The molecule has 2 N–H and O–H groups in total. The van der Waals surface area contributed by atoms with Gasteiger partial charge in [0.15, 0.2) is 0 Å². The molecule has 0 bridgehead atoms. The van der Waals surface area contributed by atoms with E-state index in [1.165, 1.54) is 0 Å². The number of benzene rings is 1. The van der Waals surface area contributed by atoms with Crippen LogP contribution in [0, 0.1) is 0 Å². The molecule has 1 aromatic heterocycles. The van der Waals surface area contributed by atoms with E-state index in [2.05, 4.69) is 10.5 Å². The van der Waals surface area contributed by atoms with Gasteiger partial charge in [0.25, 0.3) is 5.91 Å². The third-order valence-electron chi connectivity index (χ3n) is 4.27. The van der Waals surface area contributed by atoms with Gasteiger partial charge in [-0.1, -0.05) is 5.16 Å². The van der Waals surface area contributed by atoms with Crippen molar-refractivity contribution >= 4 is 5.91 Å². The van der Waals surface area contributed by atoms with Crippen LogP contribution in [0.2, 0.25) is 0 Å². The van der Waals surface area contributed by atoms with Crippen molar-refractivity contribution in [1.29, 1.82) is 0 Å². The minimum Gasteiger partial charge on any atom is -0.497 e. The summed E-state index contributed by atoms with van der Waals surface area (Å²) in [4.78, 5) is 12.6. The van der Waals surface area contributed by atoms with Crippen molar-refractivity contribution in [2.24, 2.45) is 0 Å². The minimum atomic E-state index is -0.890. The third-order valence-corrected chi connectivity index (χ3v) is 4.27. The molecule has 1 amide bonds. The summed E-state index contributed by atoms with van der Waals surface area (Å²) in [5.74, 6) is 0.394. The lowest BCUT2D eigenvalue weighted by Crippen LogP contribution is -2.39. The number of nitrogens with one attached hydrogen (secondary N) is 1. The van der Waals surface area contributed by atoms with Gasteiger partial charge in [-0.2, -0.15) is 0 Å². The monoisotopic (exact) mass is 346 g/mol. The maximum atomic E-state index is 12.6. The van der Waals surface area contributed by atoms with E-state index in [9.17, 15) is 9.90 Å². The first-order valence-corrected chi connectivity index (χ1v) is 8.30. The Morgan fingerprint density at radius 3 is 2.60 bits per heavy atom. The van der Waals surface area contributed by atoms with Crippen LogP contribution in [0.1, 0.15) is 42.0 Å². The molecule has 7 heteroatoms. The van der Waals surface area contributed by atoms with Gasteiger partial charge in [-0.25, -0.2) is 0 Å². The highest BCUT2D eigenvalue weighted by Gasteiger charge is 2.28. The van der Waals surface area contributed by atoms with E-state index in [1.54, 1.807) is 26.2 Å². The summed E-state index contributed by atoms with van der Waals surface area (Å²) in [6, 6.07) is 7.23. The zero-order valence-corrected chi connectivity index (χ0v) is 14.3. The van der Waals surface area contributed by atoms with Crippen LogP contribution >= 0.6 is 0 Å². The highest BCUT2D eigenvalue weighted by atomic mass is 16.5. The Kier molecular flexibility index (Phi) is 5.35. The van der Waals surface area contributed by atoms with Gasteiger partial charge in [0.05, 0.1) is 18.8 Å². The molecule has 1 aliphatic heterocycles. The van der Waals surface area contributed by atoms with Crippen LogP contribution in [0.5, 0.6) is 5.75 Å². The van der Waals surface area contributed by atoms with E-state index >= 15 is 0 Å². The van der Waals surface area contributed by atoms with Crippen LogP contribution in [0.3, 0.4) is 0 Å². The lowest BCUT2D eigenvalue weighted by Gasteiger charge is -2.22. The molecule has 1 saturated heterocycles. The van der Waals surface area contributed by atoms with Crippen LogP contribution in [0.4, 0.5) is 0 Å². The first-order valence-electron chi connectivity index (χ1n) is 8.30. The van der Waals surface area contributed by atoms with Gasteiger partial charge in [0, 0.05) is 24.8 Å². The summed E-state index contributed by atoms with van der Waals surface area (Å²) in [6.07, 6.45) is 0.628. The molecule has 1 atom stereocenters. The molecule has 1 fully saturated rings. The Bertz CT molecular complexity index is 718. The van der Waals surface area contributed by atoms with Crippen LogP contribution in [0.25, 0.3) is 11.3 Å². The molecule has 2 heterocycles. The molecule has 2 aromatic rings. The van der Waals surface area contributed by atoms with Gasteiger partial charge in [-0.05, 0) is 44.0 Å². The molecule has 7 nitrogen and oxygen atoms in total. The number of carbonyl (C=O) groups excluding carboxylic acids is 1. The molecular formula is C18H22N2O5. The van der Waals surface area contributed by atoms with Gasteiger partial charge < -0.3 is 24.4 Å². The highest BCUT2D eigenvalue weighted by molar-refractivity contribution is 5.94. The second-order valence-corrected chi connectivity index (χ2v) is 6.04. The molecule has 134 valence electrons. The van der Waals surface area contributed by atoms with E-state index in [1.807, 2.05) is 12.1 Å². The molecule has 3 rings (SSSR count). The van der Waals surface area contributed by atoms with E-state index in [-0.39, 0.29) is 17.7 Å². The highest BCUT2D eigenvalue weighted by Crippen LogP contribution is 2.31. The van der Waals surface area contributed by atoms with Gasteiger partial charge >= 0.3 is 0 Å². The molecule has 0 radical (unpaired) electrons. The predicted octanol–water partition coefficient (Wildman–Crippen LogP) is 2.31. The molecular weight excluding hydrogens is 324 g/mol. The number of carbonyl (C=O) groups is 1. The van der Waals surface area contributed by atoms with Gasteiger partial charge in [-0.3, -0.25) is 4.79 Å². The second-order valence-electron chi connectivity index (χ2n) is 6.04. The van der Waals surface area contributed by atoms with Crippen molar-refractivity contribution < 1.29 is 23.9 Å². The Morgan fingerprint density at radius 2 is 2.00 bits per heavy atom. The number of aliphatic hydroxyl groups is 1. The number of aromatic nitrogens is 1. The summed E-state index contributed by atoms with van der Waals surface area (Å²) < 4.78 is 15.7. The Morgan fingerprint density at radius 1 is 1.32 bits per heavy atom. The third kappa shape index (κ3) is 3.83. The predicted molar refractivity (Wildman–Crippen MR) is 90.4 cm³/mol. The second kappa shape index (κ2) is 7.67. The van der Waals surface area contributed by atoms with E-state index in [0.717, 1.165) is 18.4 Å². The summed E-state index contributed by atoms with van der Waals surface area (Å²) in [5, 5.41) is 17.1. The molecule has 1 aromatic carbocycles. The molecule has 0 saturated carbocycles. The van der Waals surface area contributed by atoms with Crippen molar-refractivity contribution in [1.82, 2.24) is 10.5 Å². The fourth-order valence-corrected chi connectivity index (χ4v) is 2.90. The quantitative estimate of drug-likeness (QED) is 0.863. The SMILES string of the molecule is COc1ccc(-c2noc(C(=O)NC3CCOCC3)c2C(C)O)cc1. The lowest BCUT2D eigenvalue weighted by molar-refractivity contribution is 0.0675. The normalized spacial score (nSPS) is 16.4. The average Bonchev–Trinajstić information content (AvgIpc) is 3.08. The Labute approximate surface area is 145 Å². The topological polar surface area (TPSA) is 93.8 Å². The number of amides is 1. The minimum absolute atomic E-state index is 0.0395. The molecule has 1 unspecified atom stereocenters. The summed E-state index contributed by atoms with van der Waals surface area (Å²) in [5.41, 5.74) is 1.58. The number of ether oxygens (including phenoxy) is 2. The van der Waals surface area contributed by atoms with Gasteiger partial charge in [-0.15, -0.1) is 0 Å². The first kappa shape index (κ1) is 17.4. The van der Waals surface area contributed by atoms with E-state index in [4.69, 9.17) is 14.0 Å². The van der Waals surface area contributed by atoms with Crippen LogP contribution < -0.4 is 10.1 Å². The molecule has 25 heavy (non-hydrogen) atoms. The van der Waals surface area contributed by atoms with Crippen molar-refractivity contribution in [3.8, 4) is 17.0 Å². The number of hydrogen-bond acceptors (Lipinski definition) is 6. The largest absolute Gasteiger partial charge is 0.497 e. The number of nitrogens with zero attached hydrogens (tertiary/aromatic N) is 1. The van der Waals surface area contributed by atoms with E-state index < -0.39 is 6.10 Å². The maximum absolute atomic E-state index is 12.6. The van der Waals surface area contributed by atoms with Crippen molar-refractivity contribution in [3.05, 3.63) is 35.6 Å². The van der Waals surface area contributed by atoms with Crippen molar-refractivity contribution in [2.75, 3.05) is 20.3 Å². The Balaban J connectivity index is 1.87. The summed E-state index contributed by atoms with van der Waals surface area (Å²) in [7, 11) is 1.59. The lowest BCUT2D eigenvalue weighted by atomic mass is 10.0. The number of aliphatic hydroxyl groups excluding tert-OH is 1. The fourth-order valence-electron chi connectivity index (χ4n) is 2.90. The summed E-state index contributed by atoms with van der Waals surface area (Å²) in [6.45, 7) is 2.84. The Hall–Kier alpha value is -2.38. The van der Waals surface area contributed by atoms with Crippen LogP contribution in [-0.2, 0) is 4.74 Å². The zero-order valence-electron chi connectivity index (χ0n) is 14.3. The zero-order chi connectivity index (χ0) is 17.8. The first-order chi connectivity index (χ1) is 12.1. The van der Waals surface area contributed by atoms with Crippen LogP contribution in [-0.4, -0.2) is 42.5 Å². The fraction of sp³-hybridized carbons (Fsp3) is 0.444. The van der Waals surface area contributed by atoms with Gasteiger partial charge in [0.1, 0.15) is 11.4 Å². The molecule has 0 aliphatic carbocycles. The van der Waals surface area contributed by atoms with Crippen molar-refractivity contribution in [3.63, 3.8) is 0 Å². The standard InChI is InChI=1S/C18H22N2O5/c1-11(21)15-16(12-3-5-14(23-2)6-4-12)20-25-17(15)18(22)19-13-7-9-24-10-8-13/h3-6,11,13,21H,7-10H2,1-2H3,(H,19,22). The average molecular weight is 346 g/mol. The van der Waals surface area contributed by atoms with Gasteiger partial charge in [0.2, 0.25) is 5.76 Å².